The van der Waals surface area contributed by atoms with Gasteiger partial charge in [-0.3, -0.25) is 4.79 Å². The van der Waals surface area contributed by atoms with Gasteiger partial charge in [0, 0.05) is 0 Å². The number of piperidine rings is 1. The predicted octanol–water partition coefficient (Wildman–Crippen LogP) is -0.0886. The molecule has 1 saturated heterocycles. The number of carbonyl (C=O) groups excluding carboxylic acids is 1. The number of ether oxygens (including phenoxy) is 1. The van der Waals surface area contributed by atoms with Crippen LogP contribution in [-0.4, -0.2) is 25.2 Å². The SMILES string of the molecule is COC(=O)[C@]12CC1CCN2. The van der Waals surface area contributed by atoms with Crippen molar-refractivity contribution in [1.82, 2.24) is 5.32 Å². The molecule has 2 fully saturated rings. The molecule has 1 saturated carbocycles. The molecule has 0 amide bonds. The normalized spacial score (nSPS) is 42.7. The predicted molar refractivity (Wildman–Crippen MR) is 35.5 cm³/mol. The van der Waals surface area contributed by atoms with E-state index in [0.717, 1.165) is 19.4 Å². The number of nitrogens with one attached hydrogen (secondary N) is 1. The van der Waals surface area contributed by atoms with Crippen LogP contribution in [0.1, 0.15) is 12.8 Å². The van der Waals surface area contributed by atoms with Gasteiger partial charge < -0.3 is 10.1 Å². The maximum absolute atomic E-state index is 11.1. The quantitative estimate of drug-likeness (QED) is 0.519. The molecule has 0 aromatic rings. The van der Waals surface area contributed by atoms with E-state index in [1.807, 2.05) is 0 Å². The van der Waals surface area contributed by atoms with E-state index in [9.17, 15) is 4.79 Å². The van der Waals surface area contributed by atoms with Crippen LogP contribution < -0.4 is 5.32 Å². The minimum atomic E-state index is -0.241. The van der Waals surface area contributed by atoms with Gasteiger partial charge in [-0.05, 0) is 25.3 Å². The molecular weight excluding hydrogens is 130 g/mol. The molecule has 2 atom stereocenters. The molecule has 0 aromatic carbocycles. The second-order valence-electron chi connectivity index (χ2n) is 3.08. The molecule has 3 heteroatoms. The van der Waals surface area contributed by atoms with Crippen LogP contribution in [0.3, 0.4) is 0 Å². The van der Waals surface area contributed by atoms with Crippen molar-refractivity contribution in [2.45, 2.75) is 18.4 Å². The first kappa shape index (κ1) is 6.16. The van der Waals surface area contributed by atoms with Crippen molar-refractivity contribution in [3.63, 3.8) is 0 Å². The minimum absolute atomic E-state index is 0.0741. The van der Waals surface area contributed by atoms with Crippen molar-refractivity contribution in [1.29, 1.82) is 0 Å². The highest BCUT2D eigenvalue weighted by Crippen LogP contribution is 2.50. The van der Waals surface area contributed by atoms with Crippen LogP contribution in [0.15, 0.2) is 0 Å². The molecule has 2 rings (SSSR count). The number of hydrogen-bond acceptors (Lipinski definition) is 3. The summed E-state index contributed by atoms with van der Waals surface area (Å²) in [6.45, 7) is 0.972. The van der Waals surface area contributed by atoms with E-state index in [4.69, 9.17) is 0 Å². The smallest absolute Gasteiger partial charge is 0.326 e. The first-order chi connectivity index (χ1) is 4.79. The zero-order valence-corrected chi connectivity index (χ0v) is 6.02. The van der Waals surface area contributed by atoms with Gasteiger partial charge in [0.25, 0.3) is 0 Å². The fourth-order valence-electron chi connectivity index (χ4n) is 1.87. The first-order valence-electron chi connectivity index (χ1n) is 3.63. The monoisotopic (exact) mass is 141 g/mol. The molecule has 0 spiro atoms. The molecular formula is C7H11NO2. The largest absolute Gasteiger partial charge is 0.468 e. The summed E-state index contributed by atoms with van der Waals surface area (Å²) in [7, 11) is 1.45. The van der Waals surface area contributed by atoms with Crippen LogP contribution in [-0.2, 0) is 9.53 Å². The number of rotatable bonds is 1. The number of carbonyl (C=O) groups is 1. The molecule has 1 heterocycles. The Labute approximate surface area is 59.7 Å². The Hall–Kier alpha value is -0.570. The number of methoxy groups -OCH3 is 1. The van der Waals surface area contributed by atoms with Crippen LogP contribution in [0.2, 0.25) is 0 Å². The number of esters is 1. The molecule has 0 radical (unpaired) electrons. The summed E-state index contributed by atoms with van der Waals surface area (Å²) in [4.78, 5) is 11.1. The Morgan fingerprint density at radius 2 is 2.60 bits per heavy atom. The lowest BCUT2D eigenvalue weighted by Crippen LogP contribution is -2.37. The van der Waals surface area contributed by atoms with E-state index in [2.05, 4.69) is 10.1 Å². The molecule has 56 valence electrons. The number of fused-ring (bicyclic) bond motifs is 1. The third-order valence-corrected chi connectivity index (χ3v) is 2.59. The lowest BCUT2D eigenvalue weighted by molar-refractivity contribution is -0.144. The molecule has 2 aliphatic rings. The Morgan fingerprint density at radius 3 is 3.00 bits per heavy atom. The molecule has 3 nitrogen and oxygen atoms in total. The van der Waals surface area contributed by atoms with Gasteiger partial charge in [0.2, 0.25) is 0 Å². The van der Waals surface area contributed by atoms with Gasteiger partial charge in [0.05, 0.1) is 7.11 Å². The summed E-state index contributed by atoms with van der Waals surface area (Å²) in [6, 6.07) is 0. The third-order valence-electron chi connectivity index (χ3n) is 2.59. The maximum atomic E-state index is 11.1. The Morgan fingerprint density at radius 1 is 1.80 bits per heavy atom. The van der Waals surface area contributed by atoms with Crippen molar-refractivity contribution in [3.8, 4) is 0 Å². The van der Waals surface area contributed by atoms with Crippen molar-refractivity contribution in [2.75, 3.05) is 13.7 Å². The van der Waals surface area contributed by atoms with Gasteiger partial charge >= 0.3 is 5.97 Å². The molecule has 0 bridgehead atoms. The van der Waals surface area contributed by atoms with Gasteiger partial charge in [-0.1, -0.05) is 0 Å². The Bertz CT molecular complexity index is 180. The van der Waals surface area contributed by atoms with E-state index < -0.39 is 0 Å². The lowest BCUT2D eigenvalue weighted by Gasteiger charge is -2.08. The average molecular weight is 141 g/mol. The highest BCUT2D eigenvalue weighted by Gasteiger charge is 2.63. The topological polar surface area (TPSA) is 38.3 Å². The van der Waals surface area contributed by atoms with Crippen molar-refractivity contribution >= 4 is 5.97 Å². The standard InChI is InChI=1S/C7H11NO2/c1-10-6(9)7-4-5(7)2-3-8-7/h5,8H,2-4H2,1H3/t5?,7-/m0/s1. The molecule has 1 N–H and O–H groups in total. The second kappa shape index (κ2) is 1.72. The van der Waals surface area contributed by atoms with E-state index in [1.165, 1.54) is 7.11 Å². The summed E-state index contributed by atoms with van der Waals surface area (Å²) < 4.78 is 4.68. The molecule has 10 heavy (non-hydrogen) atoms. The van der Waals surface area contributed by atoms with E-state index in [1.54, 1.807) is 0 Å². The van der Waals surface area contributed by atoms with Gasteiger partial charge in [-0.2, -0.15) is 0 Å². The Kier molecular flexibility index (Phi) is 1.06. The third kappa shape index (κ3) is 0.560. The molecule has 0 aromatic heterocycles. The van der Waals surface area contributed by atoms with Crippen LogP contribution in [0.5, 0.6) is 0 Å². The van der Waals surface area contributed by atoms with E-state index >= 15 is 0 Å². The number of hydrogen-bond donors (Lipinski definition) is 1. The van der Waals surface area contributed by atoms with Gasteiger partial charge in [-0.15, -0.1) is 0 Å². The minimum Gasteiger partial charge on any atom is -0.468 e. The summed E-state index contributed by atoms with van der Waals surface area (Å²) in [6.07, 6.45) is 2.12. The maximum Gasteiger partial charge on any atom is 0.326 e. The van der Waals surface area contributed by atoms with Crippen LogP contribution in [0.25, 0.3) is 0 Å². The summed E-state index contributed by atoms with van der Waals surface area (Å²) >= 11 is 0. The van der Waals surface area contributed by atoms with Gasteiger partial charge in [0.15, 0.2) is 0 Å². The van der Waals surface area contributed by atoms with Crippen LogP contribution >= 0.6 is 0 Å². The zero-order chi connectivity index (χ0) is 7.19. The van der Waals surface area contributed by atoms with Gasteiger partial charge in [0.1, 0.15) is 5.54 Å². The van der Waals surface area contributed by atoms with E-state index in [-0.39, 0.29) is 11.5 Å². The van der Waals surface area contributed by atoms with Crippen LogP contribution in [0.4, 0.5) is 0 Å². The summed E-state index contributed by atoms with van der Waals surface area (Å²) in [5, 5.41) is 3.18. The zero-order valence-electron chi connectivity index (χ0n) is 6.02. The second-order valence-corrected chi connectivity index (χ2v) is 3.08. The van der Waals surface area contributed by atoms with Crippen LogP contribution in [0, 0.1) is 5.92 Å². The Balaban J connectivity index is 2.11. The first-order valence-corrected chi connectivity index (χ1v) is 3.63. The van der Waals surface area contributed by atoms with Crippen molar-refractivity contribution in [2.24, 2.45) is 5.92 Å². The van der Waals surface area contributed by atoms with Gasteiger partial charge in [-0.25, -0.2) is 0 Å². The molecule has 1 unspecified atom stereocenters. The van der Waals surface area contributed by atoms with Crippen molar-refractivity contribution in [3.05, 3.63) is 0 Å². The summed E-state index contributed by atoms with van der Waals surface area (Å²) in [5.74, 6) is 0.495. The van der Waals surface area contributed by atoms with Crippen molar-refractivity contribution < 1.29 is 9.53 Å². The lowest BCUT2D eigenvalue weighted by atomic mass is 10.2. The van der Waals surface area contributed by atoms with E-state index in [0.29, 0.717) is 5.92 Å². The highest BCUT2D eigenvalue weighted by molar-refractivity contribution is 5.85. The fraction of sp³-hybridized carbons (Fsp3) is 0.857. The average Bonchev–Trinajstić information content (AvgIpc) is 2.54. The highest BCUT2D eigenvalue weighted by atomic mass is 16.5. The molecule has 1 aliphatic heterocycles. The fourth-order valence-corrected chi connectivity index (χ4v) is 1.87. The summed E-state index contributed by atoms with van der Waals surface area (Å²) in [5.41, 5.74) is -0.241. The molecule has 1 aliphatic carbocycles.